The molecule has 2 aliphatic heterocycles. The molecule has 0 saturated carbocycles. The van der Waals surface area contributed by atoms with Crippen LogP contribution in [0.1, 0.15) is 30.9 Å². The van der Waals surface area contributed by atoms with Crippen molar-refractivity contribution in [3.8, 4) is 0 Å². The van der Waals surface area contributed by atoms with Gasteiger partial charge in [0.15, 0.2) is 0 Å². The molecule has 32 heavy (non-hydrogen) atoms. The van der Waals surface area contributed by atoms with Gasteiger partial charge in [0.25, 0.3) is 0 Å². The topological polar surface area (TPSA) is 72.9 Å². The highest BCUT2D eigenvalue weighted by Crippen LogP contribution is 2.23. The number of carbonyl (C=O) groups excluding carboxylic acids is 2. The minimum absolute atomic E-state index is 0.0116. The Labute approximate surface area is 188 Å². The van der Waals surface area contributed by atoms with E-state index >= 15 is 0 Å². The summed E-state index contributed by atoms with van der Waals surface area (Å²) in [5.74, 6) is -1.04. The van der Waals surface area contributed by atoms with Gasteiger partial charge in [-0.3, -0.25) is 14.5 Å². The van der Waals surface area contributed by atoms with E-state index in [1.807, 2.05) is 18.2 Å². The summed E-state index contributed by atoms with van der Waals surface area (Å²) in [5, 5.41) is 13.2. The third-order valence-corrected chi connectivity index (χ3v) is 6.48. The van der Waals surface area contributed by atoms with Gasteiger partial charge in [0, 0.05) is 38.1 Å². The van der Waals surface area contributed by atoms with Gasteiger partial charge in [-0.1, -0.05) is 48.5 Å². The molecule has 4 atom stereocenters. The summed E-state index contributed by atoms with van der Waals surface area (Å²) in [7, 11) is 0. The molecule has 2 saturated heterocycles. The molecule has 2 aliphatic rings. The molecule has 2 aromatic rings. The van der Waals surface area contributed by atoms with Gasteiger partial charge in [-0.05, 0) is 30.5 Å². The number of aliphatic hydroxyl groups is 1. The molecule has 4 rings (SSSR count). The van der Waals surface area contributed by atoms with E-state index in [9.17, 15) is 19.1 Å². The van der Waals surface area contributed by atoms with Gasteiger partial charge in [-0.2, -0.15) is 0 Å². The number of aliphatic hydroxyl groups excluding tert-OH is 1. The Morgan fingerprint density at radius 1 is 1.06 bits per heavy atom. The standard InChI is InChI=1S/C25H30FN3O3/c1-17-11-20(15-28(17)14-18-7-3-2-4-8-18)27-25(32)23-13-21(30)16-29(23)24(31)12-19-9-5-6-10-22(19)26/h2-10,17,20-21,23,30H,11-16H2,1H3,(H,27,32). The third-order valence-electron chi connectivity index (χ3n) is 6.48. The van der Waals surface area contributed by atoms with Crippen molar-refractivity contribution in [1.29, 1.82) is 0 Å². The van der Waals surface area contributed by atoms with Gasteiger partial charge in [0.1, 0.15) is 11.9 Å². The number of carbonyl (C=O) groups is 2. The first kappa shape index (κ1) is 22.4. The zero-order valence-corrected chi connectivity index (χ0v) is 18.3. The second-order valence-electron chi connectivity index (χ2n) is 8.92. The molecule has 0 spiro atoms. The van der Waals surface area contributed by atoms with E-state index in [2.05, 4.69) is 29.3 Å². The first-order valence-electron chi connectivity index (χ1n) is 11.2. The molecule has 2 heterocycles. The average molecular weight is 440 g/mol. The van der Waals surface area contributed by atoms with Crippen molar-refractivity contribution in [2.45, 2.75) is 57.0 Å². The Balaban J connectivity index is 1.36. The SMILES string of the molecule is CC1CC(NC(=O)C2CC(O)CN2C(=O)Cc2ccccc2F)CN1Cc1ccccc1. The van der Waals surface area contributed by atoms with Crippen LogP contribution in [0.4, 0.5) is 4.39 Å². The van der Waals surface area contributed by atoms with E-state index in [1.54, 1.807) is 18.2 Å². The van der Waals surface area contributed by atoms with Gasteiger partial charge in [0.2, 0.25) is 11.8 Å². The number of likely N-dealkylation sites (tertiary alicyclic amines) is 2. The molecular weight excluding hydrogens is 409 g/mol. The molecule has 0 aliphatic carbocycles. The van der Waals surface area contributed by atoms with Crippen molar-refractivity contribution in [2.75, 3.05) is 13.1 Å². The summed E-state index contributed by atoms with van der Waals surface area (Å²) in [5.41, 5.74) is 1.52. The maximum atomic E-state index is 14.0. The Hall–Kier alpha value is -2.77. The number of halogens is 1. The van der Waals surface area contributed by atoms with Crippen LogP contribution in [0, 0.1) is 5.82 Å². The number of hydrogen-bond donors (Lipinski definition) is 2. The molecule has 170 valence electrons. The van der Waals surface area contributed by atoms with Crippen molar-refractivity contribution < 1.29 is 19.1 Å². The molecule has 6 nitrogen and oxygen atoms in total. The quantitative estimate of drug-likeness (QED) is 0.723. The second kappa shape index (κ2) is 9.79. The van der Waals surface area contributed by atoms with E-state index in [4.69, 9.17) is 0 Å². The van der Waals surface area contributed by atoms with E-state index < -0.39 is 18.0 Å². The normalized spacial score (nSPS) is 25.8. The maximum absolute atomic E-state index is 14.0. The van der Waals surface area contributed by atoms with Crippen molar-refractivity contribution >= 4 is 11.8 Å². The summed E-state index contributed by atoms with van der Waals surface area (Å²) in [4.78, 5) is 29.6. The summed E-state index contributed by atoms with van der Waals surface area (Å²) >= 11 is 0. The first-order chi connectivity index (χ1) is 15.4. The second-order valence-corrected chi connectivity index (χ2v) is 8.92. The van der Waals surface area contributed by atoms with Crippen LogP contribution in [-0.2, 0) is 22.6 Å². The lowest BCUT2D eigenvalue weighted by molar-refractivity contribution is -0.138. The molecule has 2 fully saturated rings. The van der Waals surface area contributed by atoms with Crippen LogP contribution >= 0.6 is 0 Å². The van der Waals surface area contributed by atoms with E-state index in [0.717, 1.165) is 19.5 Å². The predicted molar refractivity (Wildman–Crippen MR) is 119 cm³/mol. The smallest absolute Gasteiger partial charge is 0.243 e. The molecule has 7 heteroatoms. The first-order valence-corrected chi connectivity index (χ1v) is 11.2. The summed E-state index contributed by atoms with van der Waals surface area (Å²) < 4.78 is 14.0. The van der Waals surface area contributed by atoms with Crippen molar-refractivity contribution in [1.82, 2.24) is 15.1 Å². The zero-order valence-electron chi connectivity index (χ0n) is 18.3. The summed E-state index contributed by atoms with van der Waals surface area (Å²) in [6, 6.07) is 15.9. The van der Waals surface area contributed by atoms with Crippen molar-refractivity contribution in [3.05, 3.63) is 71.5 Å². The fraction of sp³-hybridized carbons (Fsp3) is 0.440. The monoisotopic (exact) mass is 439 g/mol. The highest BCUT2D eigenvalue weighted by molar-refractivity contribution is 5.89. The number of hydrogen-bond acceptors (Lipinski definition) is 4. The Morgan fingerprint density at radius 3 is 2.53 bits per heavy atom. The van der Waals surface area contributed by atoms with Gasteiger partial charge in [-0.15, -0.1) is 0 Å². The fourth-order valence-electron chi connectivity index (χ4n) is 4.78. The molecule has 2 aromatic carbocycles. The molecule has 4 unspecified atom stereocenters. The number of benzene rings is 2. The Morgan fingerprint density at radius 2 is 1.78 bits per heavy atom. The van der Waals surface area contributed by atoms with Crippen LogP contribution in [-0.4, -0.2) is 64.0 Å². The molecule has 0 aromatic heterocycles. The lowest BCUT2D eigenvalue weighted by atomic mass is 10.1. The number of amides is 2. The fourth-order valence-corrected chi connectivity index (χ4v) is 4.78. The van der Waals surface area contributed by atoms with Gasteiger partial charge >= 0.3 is 0 Å². The third kappa shape index (κ3) is 5.16. The highest BCUT2D eigenvalue weighted by atomic mass is 19.1. The van der Waals surface area contributed by atoms with E-state index in [-0.39, 0.29) is 37.2 Å². The van der Waals surface area contributed by atoms with E-state index in [1.165, 1.54) is 16.5 Å². The molecule has 2 N–H and O–H groups in total. The minimum atomic E-state index is -0.757. The number of rotatable bonds is 6. The Kier molecular flexibility index (Phi) is 6.86. The van der Waals surface area contributed by atoms with Gasteiger partial charge in [0.05, 0.1) is 12.5 Å². The summed E-state index contributed by atoms with van der Waals surface area (Å²) in [6.07, 6.45) is 0.142. The van der Waals surface area contributed by atoms with Crippen LogP contribution in [0.3, 0.4) is 0 Å². The predicted octanol–water partition coefficient (Wildman–Crippen LogP) is 2.11. The zero-order chi connectivity index (χ0) is 22.7. The minimum Gasteiger partial charge on any atom is -0.391 e. The lowest BCUT2D eigenvalue weighted by Gasteiger charge is -2.25. The largest absolute Gasteiger partial charge is 0.391 e. The maximum Gasteiger partial charge on any atom is 0.243 e. The number of nitrogens with zero attached hydrogens (tertiary/aromatic N) is 2. The molecule has 0 bridgehead atoms. The van der Waals surface area contributed by atoms with Gasteiger partial charge < -0.3 is 15.3 Å². The van der Waals surface area contributed by atoms with Crippen LogP contribution < -0.4 is 5.32 Å². The average Bonchev–Trinajstić information content (AvgIpc) is 3.33. The molecule has 2 amide bonds. The Bertz CT molecular complexity index is 954. The highest BCUT2D eigenvalue weighted by Gasteiger charge is 2.40. The summed E-state index contributed by atoms with van der Waals surface area (Å²) in [6.45, 7) is 3.80. The van der Waals surface area contributed by atoms with Crippen LogP contribution in [0.15, 0.2) is 54.6 Å². The van der Waals surface area contributed by atoms with Crippen molar-refractivity contribution in [2.24, 2.45) is 0 Å². The van der Waals surface area contributed by atoms with Crippen LogP contribution in [0.2, 0.25) is 0 Å². The number of nitrogens with one attached hydrogen (secondary N) is 1. The lowest BCUT2D eigenvalue weighted by Crippen LogP contribution is -2.49. The number of β-amino-alcohol motifs (C(OH)–C–C–N with tert-alkyl or cyclic N) is 1. The molecular formula is C25H30FN3O3. The van der Waals surface area contributed by atoms with E-state index in [0.29, 0.717) is 11.6 Å². The van der Waals surface area contributed by atoms with Crippen LogP contribution in [0.25, 0.3) is 0 Å². The van der Waals surface area contributed by atoms with Gasteiger partial charge in [-0.25, -0.2) is 4.39 Å². The van der Waals surface area contributed by atoms with Crippen molar-refractivity contribution in [3.63, 3.8) is 0 Å². The van der Waals surface area contributed by atoms with Crippen LogP contribution in [0.5, 0.6) is 0 Å². The molecule has 0 radical (unpaired) electrons.